The first-order valence-corrected chi connectivity index (χ1v) is 6.34. The fourth-order valence-corrected chi connectivity index (χ4v) is 1.51. The lowest BCUT2D eigenvalue weighted by atomic mass is 10.1. The van der Waals surface area contributed by atoms with Crippen molar-refractivity contribution in [3.8, 4) is 0 Å². The molecular formula is C12H26O6. The van der Waals surface area contributed by atoms with E-state index in [1.807, 2.05) is 6.92 Å². The van der Waals surface area contributed by atoms with Crippen molar-refractivity contribution in [2.45, 2.75) is 51.1 Å². The van der Waals surface area contributed by atoms with Crippen molar-refractivity contribution in [3.05, 3.63) is 0 Å². The lowest BCUT2D eigenvalue weighted by Crippen LogP contribution is -2.34. The van der Waals surface area contributed by atoms with E-state index in [9.17, 15) is 10.2 Å². The molecule has 0 bridgehead atoms. The van der Waals surface area contributed by atoms with Gasteiger partial charge >= 0.3 is 0 Å². The molecule has 0 spiro atoms. The van der Waals surface area contributed by atoms with Crippen LogP contribution in [0.4, 0.5) is 0 Å². The van der Waals surface area contributed by atoms with Gasteiger partial charge in [-0.25, -0.2) is 0 Å². The Morgan fingerprint density at radius 1 is 0.944 bits per heavy atom. The van der Waals surface area contributed by atoms with Gasteiger partial charge in [-0.05, 0) is 19.8 Å². The Labute approximate surface area is 108 Å². The SMILES string of the molecule is CCC(CC(C)O)OC(CO)COC(CO)CO. The van der Waals surface area contributed by atoms with Gasteiger partial charge in [-0.15, -0.1) is 0 Å². The largest absolute Gasteiger partial charge is 0.394 e. The molecule has 0 aliphatic carbocycles. The first-order chi connectivity index (χ1) is 8.57. The van der Waals surface area contributed by atoms with E-state index in [-0.39, 0.29) is 32.5 Å². The first kappa shape index (κ1) is 17.8. The van der Waals surface area contributed by atoms with Crippen LogP contribution >= 0.6 is 0 Å². The predicted octanol–water partition coefficient (Wildman–Crippen LogP) is -0.717. The number of aliphatic hydroxyl groups excluding tert-OH is 4. The second-order valence-corrected chi connectivity index (χ2v) is 4.38. The van der Waals surface area contributed by atoms with E-state index in [0.29, 0.717) is 6.42 Å². The molecule has 0 saturated carbocycles. The summed E-state index contributed by atoms with van der Waals surface area (Å²) in [6, 6.07) is 0. The molecule has 0 saturated heterocycles. The van der Waals surface area contributed by atoms with Crippen molar-refractivity contribution < 1.29 is 29.9 Å². The molecule has 0 aromatic rings. The Bertz CT molecular complexity index is 183. The van der Waals surface area contributed by atoms with Crippen LogP contribution in [0.3, 0.4) is 0 Å². The summed E-state index contributed by atoms with van der Waals surface area (Å²) >= 11 is 0. The van der Waals surface area contributed by atoms with Gasteiger partial charge in [0, 0.05) is 0 Å². The summed E-state index contributed by atoms with van der Waals surface area (Å²) in [7, 11) is 0. The van der Waals surface area contributed by atoms with Crippen molar-refractivity contribution in [2.75, 3.05) is 26.4 Å². The molecule has 0 radical (unpaired) electrons. The molecule has 6 heteroatoms. The minimum atomic E-state index is -0.653. The molecule has 0 fully saturated rings. The topological polar surface area (TPSA) is 99.4 Å². The second kappa shape index (κ2) is 10.7. The zero-order valence-electron chi connectivity index (χ0n) is 11.2. The predicted molar refractivity (Wildman–Crippen MR) is 66.2 cm³/mol. The van der Waals surface area contributed by atoms with Gasteiger partial charge in [0.2, 0.25) is 0 Å². The van der Waals surface area contributed by atoms with Crippen LogP contribution in [0, 0.1) is 0 Å². The van der Waals surface area contributed by atoms with Gasteiger partial charge < -0.3 is 29.9 Å². The maximum atomic E-state index is 9.29. The lowest BCUT2D eigenvalue weighted by Gasteiger charge is -2.25. The summed E-state index contributed by atoms with van der Waals surface area (Å²) < 4.78 is 10.8. The van der Waals surface area contributed by atoms with Gasteiger partial charge in [-0.1, -0.05) is 6.92 Å². The molecular weight excluding hydrogens is 240 g/mol. The molecule has 18 heavy (non-hydrogen) atoms. The maximum absolute atomic E-state index is 9.29. The highest BCUT2D eigenvalue weighted by Crippen LogP contribution is 2.10. The van der Waals surface area contributed by atoms with E-state index >= 15 is 0 Å². The number of aliphatic hydroxyl groups is 4. The highest BCUT2D eigenvalue weighted by Gasteiger charge is 2.18. The third-order valence-corrected chi connectivity index (χ3v) is 2.57. The van der Waals surface area contributed by atoms with Crippen LogP contribution in [-0.4, -0.2) is 71.3 Å². The molecule has 0 rings (SSSR count). The third-order valence-electron chi connectivity index (χ3n) is 2.57. The van der Waals surface area contributed by atoms with E-state index in [2.05, 4.69) is 0 Å². The van der Waals surface area contributed by atoms with Gasteiger partial charge in [0.15, 0.2) is 0 Å². The number of rotatable bonds is 11. The Kier molecular flexibility index (Phi) is 10.5. The fourth-order valence-electron chi connectivity index (χ4n) is 1.51. The van der Waals surface area contributed by atoms with Crippen LogP contribution in [0.1, 0.15) is 26.7 Å². The molecule has 6 nitrogen and oxygen atoms in total. The van der Waals surface area contributed by atoms with Gasteiger partial charge in [0.25, 0.3) is 0 Å². The van der Waals surface area contributed by atoms with E-state index in [1.54, 1.807) is 6.92 Å². The number of hydrogen-bond donors (Lipinski definition) is 4. The molecule has 0 aliphatic rings. The highest BCUT2D eigenvalue weighted by atomic mass is 16.6. The lowest BCUT2D eigenvalue weighted by molar-refractivity contribution is -0.114. The standard InChI is InChI=1S/C12H26O6/c1-3-10(4-9(2)16)18-12(7-15)8-17-11(5-13)6-14/h9-16H,3-8H2,1-2H3. The third kappa shape index (κ3) is 7.97. The molecule has 4 N–H and O–H groups in total. The zero-order valence-corrected chi connectivity index (χ0v) is 11.2. The summed E-state index contributed by atoms with van der Waals surface area (Å²) in [5, 5.41) is 36.1. The molecule has 3 atom stereocenters. The van der Waals surface area contributed by atoms with Crippen LogP contribution in [0.5, 0.6) is 0 Å². The molecule has 3 unspecified atom stereocenters. The monoisotopic (exact) mass is 266 g/mol. The van der Waals surface area contributed by atoms with Gasteiger partial charge in [-0.2, -0.15) is 0 Å². The Morgan fingerprint density at radius 2 is 1.50 bits per heavy atom. The van der Waals surface area contributed by atoms with Crippen LogP contribution in [0.25, 0.3) is 0 Å². The molecule has 0 amide bonds. The van der Waals surface area contributed by atoms with Crippen molar-refractivity contribution >= 4 is 0 Å². The minimum Gasteiger partial charge on any atom is -0.394 e. The Hall–Kier alpha value is -0.240. The molecule has 110 valence electrons. The van der Waals surface area contributed by atoms with Gasteiger partial charge in [0.1, 0.15) is 12.2 Å². The van der Waals surface area contributed by atoms with Crippen LogP contribution in [0.2, 0.25) is 0 Å². The first-order valence-electron chi connectivity index (χ1n) is 6.34. The minimum absolute atomic E-state index is 0.0958. The summed E-state index contributed by atoms with van der Waals surface area (Å²) in [6.45, 7) is 2.95. The smallest absolute Gasteiger partial charge is 0.104 e. The van der Waals surface area contributed by atoms with Crippen LogP contribution < -0.4 is 0 Å². The normalized spacial score (nSPS) is 16.8. The number of ether oxygens (including phenoxy) is 2. The van der Waals surface area contributed by atoms with Crippen molar-refractivity contribution in [1.29, 1.82) is 0 Å². The van der Waals surface area contributed by atoms with Crippen molar-refractivity contribution in [3.63, 3.8) is 0 Å². The van der Waals surface area contributed by atoms with Crippen LogP contribution in [0.15, 0.2) is 0 Å². The fraction of sp³-hybridized carbons (Fsp3) is 1.00. The summed E-state index contributed by atoms with van der Waals surface area (Å²) in [5.74, 6) is 0. The molecule has 0 aliphatic heterocycles. The number of hydrogen-bond acceptors (Lipinski definition) is 6. The van der Waals surface area contributed by atoms with Gasteiger partial charge in [0.05, 0.1) is 38.6 Å². The average molecular weight is 266 g/mol. The van der Waals surface area contributed by atoms with Gasteiger partial charge in [-0.3, -0.25) is 0 Å². The average Bonchev–Trinajstić information content (AvgIpc) is 2.36. The summed E-state index contributed by atoms with van der Waals surface area (Å²) in [4.78, 5) is 0. The Morgan fingerprint density at radius 3 is 1.89 bits per heavy atom. The van der Waals surface area contributed by atoms with E-state index in [4.69, 9.17) is 19.7 Å². The van der Waals surface area contributed by atoms with E-state index < -0.39 is 18.3 Å². The quantitative estimate of drug-likeness (QED) is 0.394. The van der Waals surface area contributed by atoms with E-state index in [1.165, 1.54) is 0 Å². The molecule has 0 heterocycles. The second-order valence-electron chi connectivity index (χ2n) is 4.38. The molecule has 0 aromatic carbocycles. The van der Waals surface area contributed by atoms with Crippen molar-refractivity contribution in [1.82, 2.24) is 0 Å². The highest BCUT2D eigenvalue weighted by molar-refractivity contribution is 4.65. The van der Waals surface area contributed by atoms with Crippen LogP contribution in [-0.2, 0) is 9.47 Å². The maximum Gasteiger partial charge on any atom is 0.104 e. The van der Waals surface area contributed by atoms with E-state index in [0.717, 1.165) is 6.42 Å². The zero-order chi connectivity index (χ0) is 14.0. The summed E-state index contributed by atoms with van der Waals surface area (Å²) in [5.41, 5.74) is 0. The Balaban J connectivity index is 4.07. The summed E-state index contributed by atoms with van der Waals surface area (Å²) in [6.07, 6.45) is -0.555. The molecule has 0 aromatic heterocycles. The van der Waals surface area contributed by atoms with Crippen molar-refractivity contribution in [2.24, 2.45) is 0 Å².